The molecule has 0 fully saturated rings. The molecule has 1 aliphatic rings. The van der Waals surface area contributed by atoms with Crippen LogP contribution in [0.2, 0.25) is 0 Å². The monoisotopic (exact) mass is 253 g/mol. The van der Waals surface area contributed by atoms with Gasteiger partial charge in [0.15, 0.2) is 0 Å². The molecule has 1 N–H and O–H groups in total. The van der Waals surface area contributed by atoms with E-state index in [2.05, 4.69) is 5.32 Å². The zero-order valence-electron chi connectivity index (χ0n) is 11.4. The summed E-state index contributed by atoms with van der Waals surface area (Å²) in [5, 5.41) is 2.76. The number of aldehydes is 1. The molecular formula is C14H23NO3. The molecule has 0 saturated heterocycles. The van der Waals surface area contributed by atoms with Gasteiger partial charge in [0.1, 0.15) is 11.9 Å². The summed E-state index contributed by atoms with van der Waals surface area (Å²) in [5.41, 5.74) is -0.522. The van der Waals surface area contributed by atoms with E-state index in [0.717, 1.165) is 32.0 Å². The van der Waals surface area contributed by atoms with Crippen LogP contribution in [0.1, 0.15) is 46.5 Å². The summed E-state index contributed by atoms with van der Waals surface area (Å²) in [4.78, 5) is 22.8. The fraction of sp³-hybridized carbons (Fsp3) is 0.714. The standard InChI is InChI=1S/C14H23NO3/c1-14(2,3)18-13(17)15-12-9-7-5-4-6-8-11(12)10-16/h7,9-12H,4-6,8H2,1-3H3,(H,15,17)/b9-7-/t11-,12-/m1/s1. The van der Waals surface area contributed by atoms with Crippen LogP contribution in [0.4, 0.5) is 4.79 Å². The number of nitrogens with one attached hydrogen (secondary N) is 1. The number of hydrogen-bond acceptors (Lipinski definition) is 3. The first-order valence-corrected chi connectivity index (χ1v) is 6.54. The van der Waals surface area contributed by atoms with Gasteiger partial charge >= 0.3 is 6.09 Å². The molecule has 0 aromatic rings. The number of alkyl carbamates (subject to hydrolysis) is 1. The van der Waals surface area contributed by atoms with Crippen molar-refractivity contribution in [3.05, 3.63) is 12.2 Å². The van der Waals surface area contributed by atoms with E-state index in [1.165, 1.54) is 0 Å². The molecule has 1 aliphatic carbocycles. The molecule has 102 valence electrons. The highest BCUT2D eigenvalue weighted by Gasteiger charge is 2.24. The molecule has 0 aliphatic heterocycles. The lowest BCUT2D eigenvalue weighted by molar-refractivity contribution is -0.111. The first-order valence-electron chi connectivity index (χ1n) is 6.54. The van der Waals surface area contributed by atoms with Crippen LogP contribution in [0, 0.1) is 5.92 Å². The van der Waals surface area contributed by atoms with Crippen LogP contribution in [0.3, 0.4) is 0 Å². The fourth-order valence-corrected chi connectivity index (χ4v) is 1.96. The summed E-state index contributed by atoms with van der Waals surface area (Å²) in [6.07, 6.45) is 8.31. The van der Waals surface area contributed by atoms with Crippen molar-refractivity contribution in [2.24, 2.45) is 5.92 Å². The second kappa shape index (κ2) is 6.57. The SMILES string of the molecule is CC(C)(C)OC(=O)N[C@@H]1/C=C\CCCC[C@@H]1C=O. The molecule has 0 radical (unpaired) electrons. The van der Waals surface area contributed by atoms with Crippen LogP contribution in [-0.4, -0.2) is 24.0 Å². The Balaban J connectivity index is 2.62. The van der Waals surface area contributed by atoms with E-state index in [-0.39, 0.29) is 12.0 Å². The van der Waals surface area contributed by atoms with E-state index in [4.69, 9.17) is 4.74 Å². The van der Waals surface area contributed by atoms with E-state index in [0.29, 0.717) is 0 Å². The molecule has 18 heavy (non-hydrogen) atoms. The number of allylic oxidation sites excluding steroid dienone is 1. The largest absolute Gasteiger partial charge is 0.444 e. The van der Waals surface area contributed by atoms with Crippen LogP contribution in [-0.2, 0) is 9.53 Å². The number of amides is 1. The van der Waals surface area contributed by atoms with E-state index in [9.17, 15) is 9.59 Å². The van der Waals surface area contributed by atoms with Gasteiger partial charge in [-0.05, 0) is 40.0 Å². The van der Waals surface area contributed by atoms with Crippen molar-refractivity contribution in [2.75, 3.05) is 0 Å². The number of carbonyl (C=O) groups is 2. The van der Waals surface area contributed by atoms with Gasteiger partial charge < -0.3 is 14.8 Å². The third-order valence-electron chi connectivity index (χ3n) is 2.82. The maximum absolute atomic E-state index is 11.7. The van der Waals surface area contributed by atoms with E-state index in [1.54, 1.807) is 0 Å². The summed E-state index contributed by atoms with van der Waals surface area (Å²) in [5.74, 6) is -0.158. The van der Waals surface area contributed by atoms with Crippen molar-refractivity contribution < 1.29 is 14.3 Å². The topological polar surface area (TPSA) is 55.4 Å². The van der Waals surface area contributed by atoms with Crippen molar-refractivity contribution in [1.29, 1.82) is 0 Å². The Morgan fingerprint density at radius 2 is 2.11 bits per heavy atom. The Morgan fingerprint density at radius 3 is 2.72 bits per heavy atom. The molecule has 2 atom stereocenters. The molecule has 1 amide bonds. The van der Waals surface area contributed by atoms with Gasteiger partial charge in [0.2, 0.25) is 0 Å². The van der Waals surface area contributed by atoms with Crippen molar-refractivity contribution in [2.45, 2.75) is 58.1 Å². The molecule has 4 heteroatoms. The predicted octanol–water partition coefficient (Wildman–Crippen LogP) is 2.83. The molecule has 0 aromatic carbocycles. The Hall–Kier alpha value is -1.32. The molecule has 4 nitrogen and oxygen atoms in total. The molecule has 0 heterocycles. The zero-order valence-corrected chi connectivity index (χ0v) is 11.4. The predicted molar refractivity (Wildman–Crippen MR) is 70.3 cm³/mol. The highest BCUT2D eigenvalue weighted by atomic mass is 16.6. The first kappa shape index (κ1) is 14.7. The minimum Gasteiger partial charge on any atom is -0.444 e. The molecule has 0 unspecified atom stereocenters. The van der Waals surface area contributed by atoms with Crippen LogP contribution in [0.5, 0.6) is 0 Å². The number of ether oxygens (including phenoxy) is 1. The number of rotatable bonds is 2. The molecule has 0 saturated carbocycles. The smallest absolute Gasteiger partial charge is 0.408 e. The average molecular weight is 253 g/mol. The van der Waals surface area contributed by atoms with Gasteiger partial charge in [-0.1, -0.05) is 18.6 Å². The first-order chi connectivity index (χ1) is 8.42. The van der Waals surface area contributed by atoms with Gasteiger partial charge in [-0.15, -0.1) is 0 Å². The van der Waals surface area contributed by atoms with E-state index < -0.39 is 11.7 Å². The molecule has 0 spiro atoms. The quantitative estimate of drug-likeness (QED) is 0.608. The van der Waals surface area contributed by atoms with Gasteiger partial charge in [0.05, 0.1) is 6.04 Å². The third-order valence-corrected chi connectivity index (χ3v) is 2.82. The Bertz CT molecular complexity index is 317. The van der Waals surface area contributed by atoms with Gasteiger partial charge in [0, 0.05) is 5.92 Å². The molecule has 0 bridgehead atoms. The zero-order chi connectivity index (χ0) is 13.6. The molecular weight excluding hydrogens is 230 g/mol. The van der Waals surface area contributed by atoms with Crippen molar-refractivity contribution in [3.63, 3.8) is 0 Å². The van der Waals surface area contributed by atoms with Crippen LogP contribution >= 0.6 is 0 Å². The van der Waals surface area contributed by atoms with Gasteiger partial charge in [-0.2, -0.15) is 0 Å². The number of hydrogen-bond donors (Lipinski definition) is 1. The molecule has 1 rings (SSSR count). The van der Waals surface area contributed by atoms with Crippen molar-refractivity contribution >= 4 is 12.4 Å². The Morgan fingerprint density at radius 1 is 1.39 bits per heavy atom. The summed E-state index contributed by atoms with van der Waals surface area (Å²) in [6.45, 7) is 5.45. The van der Waals surface area contributed by atoms with Gasteiger partial charge in [-0.25, -0.2) is 4.79 Å². The maximum Gasteiger partial charge on any atom is 0.408 e. The van der Waals surface area contributed by atoms with E-state index in [1.807, 2.05) is 32.9 Å². The van der Waals surface area contributed by atoms with Gasteiger partial charge in [0.25, 0.3) is 0 Å². The lowest BCUT2D eigenvalue weighted by atomic mass is 9.92. The second-order valence-electron chi connectivity index (χ2n) is 5.68. The minimum atomic E-state index is -0.522. The second-order valence-corrected chi connectivity index (χ2v) is 5.68. The third kappa shape index (κ3) is 5.34. The van der Waals surface area contributed by atoms with Crippen LogP contribution in [0.15, 0.2) is 12.2 Å². The lowest BCUT2D eigenvalue weighted by Crippen LogP contribution is -2.42. The maximum atomic E-state index is 11.7. The summed E-state index contributed by atoms with van der Waals surface area (Å²) in [6, 6.07) is -0.252. The van der Waals surface area contributed by atoms with Gasteiger partial charge in [-0.3, -0.25) is 0 Å². The highest BCUT2D eigenvalue weighted by molar-refractivity contribution is 5.69. The van der Waals surface area contributed by atoms with Crippen LogP contribution < -0.4 is 5.32 Å². The fourth-order valence-electron chi connectivity index (χ4n) is 1.96. The minimum absolute atomic E-state index is 0.158. The van der Waals surface area contributed by atoms with Crippen molar-refractivity contribution in [1.82, 2.24) is 5.32 Å². The summed E-state index contributed by atoms with van der Waals surface area (Å²) in [7, 11) is 0. The average Bonchev–Trinajstić information content (AvgIpc) is 2.20. The number of carbonyl (C=O) groups excluding carboxylic acids is 2. The normalized spacial score (nSPS) is 26.6. The van der Waals surface area contributed by atoms with E-state index >= 15 is 0 Å². The van der Waals surface area contributed by atoms with Crippen molar-refractivity contribution in [3.8, 4) is 0 Å². The van der Waals surface area contributed by atoms with Crippen LogP contribution in [0.25, 0.3) is 0 Å². The highest BCUT2D eigenvalue weighted by Crippen LogP contribution is 2.17. The lowest BCUT2D eigenvalue weighted by Gasteiger charge is -2.25. The Labute approximate surface area is 109 Å². The molecule has 0 aromatic heterocycles. The Kier molecular flexibility index (Phi) is 5.38. The summed E-state index contributed by atoms with van der Waals surface area (Å²) < 4.78 is 5.21. The summed E-state index contributed by atoms with van der Waals surface area (Å²) >= 11 is 0.